The van der Waals surface area contributed by atoms with E-state index in [1.807, 2.05) is 12.4 Å². The molecule has 4 nitrogen and oxygen atoms in total. The first-order valence-corrected chi connectivity index (χ1v) is 7.51. The van der Waals surface area contributed by atoms with Crippen molar-refractivity contribution in [1.82, 2.24) is 15.3 Å². The molecule has 0 aromatic carbocycles. The maximum absolute atomic E-state index is 4.55. The van der Waals surface area contributed by atoms with E-state index in [4.69, 9.17) is 0 Å². The summed E-state index contributed by atoms with van der Waals surface area (Å²) in [6, 6.07) is 0. The Morgan fingerprint density at radius 2 is 1.84 bits per heavy atom. The van der Waals surface area contributed by atoms with Gasteiger partial charge in [-0.15, -0.1) is 0 Å². The standard InChI is InChI=1S/C15H28N4/c1-5-13(6-2)12-19(8-4)15-11-17-14(10-18-15)9-16-7-3/h10-11,13,16H,5-9,12H2,1-4H3. The molecule has 108 valence electrons. The predicted molar refractivity (Wildman–Crippen MR) is 81.4 cm³/mol. The summed E-state index contributed by atoms with van der Waals surface area (Å²) in [5, 5.41) is 3.26. The molecule has 0 aliphatic heterocycles. The van der Waals surface area contributed by atoms with E-state index in [-0.39, 0.29) is 0 Å². The van der Waals surface area contributed by atoms with Gasteiger partial charge in [0.05, 0.1) is 18.1 Å². The molecule has 0 amide bonds. The quantitative estimate of drug-likeness (QED) is 0.744. The van der Waals surface area contributed by atoms with Gasteiger partial charge in [-0.05, 0) is 19.4 Å². The van der Waals surface area contributed by atoms with Gasteiger partial charge in [0, 0.05) is 19.6 Å². The van der Waals surface area contributed by atoms with Crippen LogP contribution in [0.1, 0.15) is 46.2 Å². The van der Waals surface area contributed by atoms with Crippen LogP contribution in [0.2, 0.25) is 0 Å². The Balaban J connectivity index is 2.65. The van der Waals surface area contributed by atoms with E-state index < -0.39 is 0 Å². The minimum Gasteiger partial charge on any atom is -0.355 e. The molecule has 0 saturated heterocycles. The molecule has 0 saturated carbocycles. The zero-order chi connectivity index (χ0) is 14.1. The van der Waals surface area contributed by atoms with Crippen LogP contribution < -0.4 is 10.2 Å². The predicted octanol–water partition coefficient (Wildman–Crippen LogP) is 2.85. The molecule has 1 aromatic rings. The number of nitrogens with one attached hydrogen (secondary N) is 1. The molecule has 0 aliphatic carbocycles. The van der Waals surface area contributed by atoms with E-state index in [1.54, 1.807) is 0 Å². The molecule has 0 unspecified atom stereocenters. The summed E-state index contributed by atoms with van der Waals surface area (Å²) in [6.07, 6.45) is 6.23. The molecule has 4 heteroatoms. The topological polar surface area (TPSA) is 41.1 Å². The lowest BCUT2D eigenvalue weighted by molar-refractivity contribution is 0.484. The fourth-order valence-corrected chi connectivity index (χ4v) is 2.10. The second kappa shape index (κ2) is 8.86. The summed E-state index contributed by atoms with van der Waals surface area (Å²) in [5.74, 6) is 1.73. The van der Waals surface area contributed by atoms with Crippen molar-refractivity contribution in [2.45, 2.75) is 47.1 Å². The van der Waals surface area contributed by atoms with Gasteiger partial charge >= 0.3 is 0 Å². The second-order valence-corrected chi connectivity index (χ2v) is 4.87. The van der Waals surface area contributed by atoms with E-state index in [1.165, 1.54) is 12.8 Å². The van der Waals surface area contributed by atoms with Crippen molar-refractivity contribution in [1.29, 1.82) is 0 Å². The van der Waals surface area contributed by atoms with E-state index in [2.05, 4.69) is 47.9 Å². The summed E-state index contributed by atoms with van der Waals surface area (Å²) in [6.45, 7) is 12.6. The Morgan fingerprint density at radius 1 is 1.11 bits per heavy atom. The van der Waals surface area contributed by atoms with Crippen LogP contribution in [0.5, 0.6) is 0 Å². The van der Waals surface area contributed by atoms with Crippen molar-refractivity contribution >= 4 is 5.82 Å². The number of nitrogens with zero attached hydrogens (tertiary/aromatic N) is 3. The van der Waals surface area contributed by atoms with Crippen LogP contribution in [-0.2, 0) is 6.54 Å². The minimum atomic E-state index is 0.739. The highest BCUT2D eigenvalue weighted by atomic mass is 15.2. The molecule has 1 N–H and O–H groups in total. The fraction of sp³-hybridized carbons (Fsp3) is 0.733. The Labute approximate surface area is 117 Å². The minimum absolute atomic E-state index is 0.739. The SMILES string of the molecule is CCNCc1cnc(N(CC)CC(CC)CC)cn1. The van der Waals surface area contributed by atoms with Gasteiger partial charge in [-0.2, -0.15) is 0 Å². The summed E-state index contributed by atoms with van der Waals surface area (Å²) < 4.78 is 0. The van der Waals surface area contributed by atoms with E-state index in [9.17, 15) is 0 Å². The number of rotatable bonds is 9. The summed E-state index contributed by atoms with van der Waals surface area (Å²) in [5.41, 5.74) is 1.00. The monoisotopic (exact) mass is 264 g/mol. The molecular formula is C15H28N4. The first-order chi connectivity index (χ1) is 9.24. The van der Waals surface area contributed by atoms with Gasteiger partial charge in [-0.3, -0.25) is 4.98 Å². The highest BCUT2D eigenvalue weighted by Crippen LogP contribution is 2.15. The van der Waals surface area contributed by atoms with Crippen molar-refractivity contribution in [3.63, 3.8) is 0 Å². The van der Waals surface area contributed by atoms with Crippen LogP contribution in [0.15, 0.2) is 12.4 Å². The molecule has 0 aliphatic rings. The lowest BCUT2D eigenvalue weighted by Gasteiger charge is -2.26. The van der Waals surface area contributed by atoms with Gasteiger partial charge in [-0.25, -0.2) is 4.98 Å². The number of hydrogen-bond donors (Lipinski definition) is 1. The highest BCUT2D eigenvalue weighted by molar-refractivity contribution is 5.35. The van der Waals surface area contributed by atoms with E-state index in [0.717, 1.165) is 43.6 Å². The van der Waals surface area contributed by atoms with Gasteiger partial charge in [-0.1, -0.05) is 33.6 Å². The number of aromatic nitrogens is 2. The third-order valence-electron chi connectivity index (χ3n) is 3.59. The second-order valence-electron chi connectivity index (χ2n) is 4.87. The van der Waals surface area contributed by atoms with E-state index in [0.29, 0.717) is 0 Å². The largest absolute Gasteiger partial charge is 0.355 e. The average molecular weight is 264 g/mol. The van der Waals surface area contributed by atoms with Gasteiger partial charge in [0.1, 0.15) is 5.82 Å². The molecule has 0 spiro atoms. The van der Waals surface area contributed by atoms with Crippen molar-refractivity contribution < 1.29 is 0 Å². The van der Waals surface area contributed by atoms with Crippen LogP contribution in [0.25, 0.3) is 0 Å². The Bertz CT molecular complexity index is 333. The molecular weight excluding hydrogens is 236 g/mol. The lowest BCUT2D eigenvalue weighted by Crippen LogP contribution is -2.30. The van der Waals surface area contributed by atoms with Crippen LogP contribution in [0.3, 0.4) is 0 Å². The van der Waals surface area contributed by atoms with Gasteiger partial charge in [0.2, 0.25) is 0 Å². The Kier molecular flexibility index (Phi) is 7.41. The first kappa shape index (κ1) is 15.9. The highest BCUT2D eigenvalue weighted by Gasteiger charge is 2.12. The normalized spacial score (nSPS) is 11.0. The zero-order valence-electron chi connectivity index (χ0n) is 12.8. The molecule has 1 rings (SSSR count). The Morgan fingerprint density at radius 3 is 2.32 bits per heavy atom. The lowest BCUT2D eigenvalue weighted by atomic mass is 10.0. The smallest absolute Gasteiger partial charge is 0.147 e. The van der Waals surface area contributed by atoms with Crippen molar-refractivity contribution in [2.75, 3.05) is 24.5 Å². The van der Waals surface area contributed by atoms with Crippen molar-refractivity contribution in [3.8, 4) is 0 Å². The van der Waals surface area contributed by atoms with Gasteiger partial charge in [0.15, 0.2) is 0 Å². The Hall–Kier alpha value is -1.16. The summed E-state index contributed by atoms with van der Waals surface area (Å²) in [4.78, 5) is 11.3. The van der Waals surface area contributed by atoms with Crippen LogP contribution in [-0.4, -0.2) is 29.6 Å². The molecule has 0 atom stereocenters. The molecule has 0 radical (unpaired) electrons. The summed E-state index contributed by atoms with van der Waals surface area (Å²) in [7, 11) is 0. The molecule has 0 fully saturated rings. The van der Waals surface area contributed by atoms with Crippen molar-refractivity contribution in [3.05, 3.63) is 18.1 Å². The van der Waals surface area contributed by atoms with Gasteiger partial charge < -0.3 is 10.2 Å². The average Bonchev–Trinajstić information content (AvgIpc) is 2.47. The maximum Gasteiger partial charge on any atom is 0.147 e. The molecule has 1 heterocycles. The van der Waals surface area contributed by atoms with E-state index >= 15 is 0 Å². The maximum atomic E-state index is 4.55. The van der Waals surface area contributed by atoms with Crippen LogP contribution >= 0.6 is 0 Å². The third-order valence-corrected chi connectivity index (χ3v) is 3.59. The number of anilines is 1. The third kappa shape index (κ3) is 5.15. The van der Waals surface area contributed by atoms with Crippen LogP contribution in [0, 0.1) is 5.92 Å². The van der Waals surface area contributed by atoms with Crippen molar-refractivity contribution in [2.24, 2.45) is 5.92 Å². The van der Waals surface area contributed by atoms with Gasteiger partial charge in [0.25, 0.3) is 0 Å². The van der Waals surface area contributed by atoms with Crippen LogP contribution in [0.4, 0.5) is 5.82 Å². The molecule has 1 aromatic heterocycles. The fourth-order valence-electron chi connectivity index (χ4n) is 2.10. The summed E-state index contributed by atoms with van der Waals surface area (Å²) >= 11 is 0. The number of hydrogen-bond acceptors (Lipinski definition) is 4. The first-order valence-electron chi connectivity index (χ1n) is 7.51. The molecule has 19 heavy (non-hydrogen) atoms. The zero-order valence-corrected chi connectivity index (χ0v) is 12.8. The molecule has 0 bridgehead atoms.